The SMILES string of the molecule is CN1CCN(C(=O)c2cccc(S(=O)(=O)NCc3ccncc3)c2)CC1. The zero-order valence-corrected chi connectivity index (χ0v) is 15.4. The average Bonchev–Trinajstić information content (AvgIpc) is 2.67. The number of carbonyl (C=O) groups is 1. The normalized spacial score (nSPS) is 15.8. The van der Waals surface area contributed by atoms with Gasteiger partial charge in [-0.3, -0.25) is 9.78 Å². The van der Waals surface area contributed by atoms with E-state index < -0.39 is 10.0 Å². The summed E-state index contributed by atoms with van der Waals surface area (Å²) in [6.07, 6.45) is 3.22. The molecule has 3 rings (SSSR count). The number of likely N-dealkylation sites (N-methyl/N-ethyl adjacent to an activating group) is 1. The minimum Gasteiger partial charge on any atom is -0.336 e. The van der Waals surface area contributed by atoms with Crippen molar-refractivity contribution < 1.29 is 13.2 Å². The second kappa shape index (κ2) is 7.94. The van der Waals surface area contributed by atoms with Crippen molar-refractivity contribution >= 4 is 15.9 Å². The summed E-state index contributed by atoms with van der Waals surface area (Å²) in [6.45, 7) is 3.09. The molecule has 2 aromatic rings. The first-order valence-corrected chi connectivity index (χ1v) is 9.90. The van der Waals surface area contributed by atoms with Gasteiger partial charge in [0, 0.05) is 50.7 Å². The van der Waals surface area contributed by atoms with Gasteiger partial charge < -0.3 is 9.80 Å². The highest BCUT2D eigenvalue weighted by molar-refractivity contribution is 7.89. The van der Waals surface area contributed by atoms with Gasteiger partial charge in [-0.15, -0.1) is 0 Å². The highest BCUT2D eigenvalue weighted by Gasteiger charge is 2.22. The van der Waals surface area contributed by atoms with Crippen molar-refractivity contribution in [2.24, 2.45) is 0 Å². The lowest BCUT2D eigenvalue weighted by Gasteiger charge is -2.32. The predicted octanol–water partition coefficient (Wildman–Crippen LogP) is 0.948. The van der Waals surface area contributed by atoms with Crippen LogP contribution in [0.25, 0.3) is 0 Å². The molecule has 0 atom stereocenters. The van der Waals surface area contributed by atoms with E-state index in [1.807, 2.05) is 7.05 Å². The Balaban J connectivity index is 1.72. The van der Waals surface area contributed by atoms with Crippen LogP contribution in [0.3, 0.4) is 0 Å². The lowest BCUT2D eigenvalue weighted by Crippen LogP contribution is -2.47. The molecule has 1 aliphatic heterocycles. The number of hydrogen-bond donors (Lipinski definition) is 1. The molecule has 1 aliphatic rings. The van der Waals surface area contributed by atoms with Crippen molar-refractivity contribution in [3.05, 3.63) is 59.9 Å². The summed E-state index contributed by atoms with van der Waals surface area (Å²) in [5.41, 5.74) is 1.20. The Morgan fingerprint density at radius 2 is 1.81 bits per heavy atom. The van der Waals surface area contributed by atoms with E-state index in [4.69, 9.17) is 0 Å². The van der Waals surface area contributed by atoms with E-state index in [1.165, 1.54) is 12.1 Å². The molecule has 138 valence electrons. The molecule has 0 spiro atoms. The molecule has 0 aliphatic carbocycles. The van der Waals surface area contributed by atoms with E-state index in [2.05, 4.69) is 14.6 Å². The Morgan fingerprint density at radius 3 is 2.50 bits per heavy atom. The molecular formula is C18H22N4O3S. The Kier molecular flexibility index (Phi) is 5.65. The van der Waals surface area contributed by atoms with Crippen LogP contribution in [0, 0.1) is 0 Å². The van der Waals surface area contributed by atoms with Gasteiger partial charge in [0.05, 0.1) is 4.90 Å². The summed E-state index contributed by atoms with van der Waals surface area (Å²) in [7, 11) is -1.69. The molecular weight excluding hydrogens is 352 g/mol. The average molecular weight is 374 g/mol. The topological polar surface area (TPSA) is 82.6 Å². The number of aromatic nitrogens is 1. The van der Waals surface area contributed by atoms with E-state index in [-0.39, 0.29) is 17.3 Å². The molecule has 26 heavy (non-hydrogen) atoms. The number of amides is 1. The number of carbonyl (C=O) groups excluding carboxylic acids is 1. The molecule has 1 aromatic carbocycles. The standard InChI is InChI=1S/C18H22N4O3S/c1-21-9-11-22(12-10-21)18(23)16-3-2-4-17(13-16)26(24,25)20-14-15-5-7-19-8-6-15/h2-8,13,20H,9-12,14H2,1H3. The maximum atomic E-state index is 12.7. The molecule has 1 amide bonds. The fourth-order valence-electron chi connectivity index (χ4n) is 2.75. The largest absolute Gasteiger partial charge is 0.336 e. The van der Waals surface area contributed by atoms with Crippen LogP contribution in [0.5, 0.6) is 0 Å². The Bertz CT molecular complexity index is 863. The van der Waals surface area contributed by atoms with Gasteiger partial charge in [-0.2, -0.15) is 0 Å². The van der Waals surface area contributed by atoms with Crippen molar-refractivity contribution in [3.63, 3.8) is 0 Å². The molecule has 7 nitrogen and oxygen atoms in total. The van der Waals surface area contributed by atoms with E-state index in [1.54, 1.807) is 41.6 Å². The van der Waals surface area contributed by atoms with Gasteiger partial charge in [0.2, 0.25) is 10.0 Å². The van der Waals surface area contributed by atoms with Crippen LogP contribution in [-0.2, 0) is 16.6 Å². The molecule has 0 saturated carbocycles. The van der Waals surface area contributed by atoms with Crippen molar-refractivity contribution in [2.75, 3.05) is 33.2 Å². The summed E-state index contributed by atoms with van der Waals surface area (Å²) >= 11 is 0. The first-order chi connectivity index (χ1) is 12.5. The van der Waals surface area contributed by atoms with Crippen LogP contribution in [-0.4, -0.2) is 62.3 Å². The Labute approximate surface area is 153 Å². The van der Waals surface area contributed by atoms with Crippen molar-refractivity contribution in [1.82, 2.24) is 19.5 Å². The first kappa shape index (κ1) is 18.5. The fourth-order valence-corrected chi connectivity index (χ4v) is 3.81. The molecule has 1 fully saturated rings. The monoisotopic (exact) mass is 374 g/mol. The number of nitrogens with zero attached hydrogens (tertiary/aromatic N) is 3. The number of hydrogen-bond acceptors (Lipinski definition) is 5. The zero-order chi connectivity index (χ0) is 18.6. The molecule has 0 radical (unpaired) electrons. The van der Waals surface area contributed by atoms with Crippen LogP contribution in [0.1, 0.15) is 15.9 Å². The molecule has 8 heteroatoms. The van der Waals surface area contributed by atoms with Crippen molar-refractivity contribution in [2.45, 2.75) is 11.4 Å². The third-order valence-electron chi connectivity index (χ3n) is 4.40. The van der Waals surface area contributed by atoms with Crippen molar-refractivity contribution in [1.29, 1.82) is 0 Å². The summed E-state index contributed by atoms with van der Waals surface area (Å²) < 4.78 is 27.6. The van der Waals surface area contributed by atoms with E-state index in [0.29, 0.717) is 18.7 Å². The summed E-state index contributed by atoms with van der Waals surface area (Å²) in [6, 6.07) is 9.68. The number of nitrogens with one attached hydrogen (secondary N) is 1. The van der Waals surface area contributed by atoms with Crippen LogP contribution in [0.15, 0.2) is 53.7 Å². The van der Waals surface area contributed by atoms with Gasteiger partial charge in [0.25, 0.3) is 5.91 Å². The maximum Gasteiger partial charge on any atom is 0.253 e. The number of benzene rings is 1. The minimum atomic E-state index is -3.70. The third-order valence-corrected chi connectivity index (χ3v) is 5.80. The smallest absolute Gasteiger partial charge is 0.253 e. The van der Waals surface area contributed by atoms with E-state index in [0.717, 1.165) is 18.7 Å². The van der Waals surface area contributed by atoms with E-state index in [9.17, 15) is 13.2 Å². The summed E-state index contributed by atoms with van der Waals surface area (Å²) in [4.78, 5) is 20.6. The number of piperazine rings is 1. The number of rotatable bonds is 5. The quantitative estimate of drug-likeness (QED) is 0.843. The Morgan fingerprint density at radius 1 is 1.12 bits per heavy atom. The highest BCUT2D eigenvalue weighted by atomic mass is 32.2. The molecule has 0 bridgehead atoms. The fraction of sp³-hybridized carbons (Fsp3) is 0.333. The maximum absolute atomic E-state index is 12.7. The van der Waals surface area contributed by atoms with Crippen LogP contribution in [0.4, 0.5) is 0 Å². The first-order valence-electron chi connectivity index (χ1n) is 8.42. The van der Waals surface area contributed by atoms with Gasteiger partial charge in [-0.25, -0.2) is 13.1 Å². The van der Waals surface area contributed by atoms with Crippen LogP contribution >= 0.6 is 0 Å². The van der Waals surface area contributed by atoms with Gasteiger partial charge >= 0.3 is 0 Å². The molecule has 1 aromatic heterocycles. The lowest BCUT2D eigenvalue weighted by molar-refractivity contribution is 0.0664. The second-order valence-corrected chi connectivity index (χ2v) is 8.07. The van der Waals surface area contributed by atoms with Crippen LogP contribution < -0.4 is 4.72 Å². The number of sulfonamides is 1. The van der Waals surface area contributed by atoms with Gasteiger partial charge in [0.1, 0.15) is 0 Å². The predicted molar refractivity (Wildman–Crippen MR) is 98.1 cm³/mol. The van der Waals surface area contributed by atoms with E-state index >= 15 is 0 Å². The molecule has 2 heterocycles. The van der Waals surface area contributed by atoms with Gasteiger partial charge in [-0.05, 0) is 42.9 Å². The molecule has 1 saturated heterocycles. The summed E-state index contributed by atoms with van der Waals surface area (Å²) in [5, 5.41) is 0. The minimum absolute atomic E-state index is 0.0894. The number of pyridine rings is 1. The molecule has 0 unspecified atom stereocenters. The Hall–Kier alpha value is -2.29. The van der Waals surface area contributed by atoms with Crippen LogP contribution in [0.2, 0.25) is 0 Å². The third kappa shape index (κ3) is 4.46. The van der Waals surface area contributed by atoms with Gasteiger partial charge in [-0.1, -0.05) is 6.07 Å². The summed E-state index contributed by atoms with van der Waals surface area (Å²) in [5.74, 6) is -0.135. The highest BCUT2D eigenvalue weighted by Crippen LogP contribution is 2.15. The lowest BCUT2D eigenvalue weighted by atomic mass is 10.2. The van der Waals surface area contributed by atoms with Gasteiger partial charge in [0.15, 0.2) is 0 Å². The second-order valence-electron chi connectivity index (χ2n) is 6.30. The van der Waals surface area contributed by atoms with Crippen molar-refractivity contribution in [3.8, 4) is 0 Å². The molecule has 1 N–H and O–H groups in total. The zero-order valence-electron chi connectivity index (χ0n) is 14.6.